The Morgan fingerprint density at radius 2 is 1.81 bits per heavy atom. The summed E-state index contributed by atoms with van der Waals surface area (Å²) >= 11 is 0. The number of rotatable bonds is 2. The molecule has 3 rings (SSSR count). The lowest BCUT2D eigenvalue weighted by molar-refractivity contribution is 0.564. The first kappa shape index (κ1) is 13.6. The molecule has 0 saturated heterocycles. The Kier molecular flexibility index (Phi) is 3.16. The minimum atomic E-state index is -0.0463. The SMILES string of the molecule is CNc1cc(C(C)(C)C)nc(-c2cc3ccccc3o2)n1. The molecule has 0 spiro atoms. The van der Waals surface area contributed by atoms with E-state index >= 15 is 0 Å². The second-order valence-corrected chi connectivity index (χ2v) is 6.11. The summed E-state index contributed by atoms with van der Waals surface area (Å²) in [6.07, 6.45) is 0. The van der Waals surface area contributed by atoms with Gasteiger partial charge in [-0.15, -0.1) is 0 Å². The first-order valence-corrected chi connectivity index (χ1v) is 7.03. The maximum Gasteiger partial charge on any atom is 0.197 e. The predicted octanol–water partition coefficient (Wildman–Crippen LogP) is 4.23. The summed E-state index contributed by atoms with van der Waals surface area (Å²) < 4.78 is 5.87. The van der Waals surface area contributed by atoms with E-state index in [0.717, 1.165) is 22.5 Å². The minimum absolute atomic E-state index is 0.0463. The number of nitrogens with one attached hydrogen (secondary N) is 1. The molecule has 0 saturated carbocycles. The van der Waals surface area contributed by atoms with Crippen molar-refractivity contribution in [3.63, 3.8) is 0 Å². The van der Waals surface area contributed by atoms with E-state index in [0.29, 0.717) is 11.6 Å². The molecule has 0 aliphatic rings. The van der Waals surface area contributed by atoms with E-state index in [2.05, 4.69) is 36.1 Å². The van der Waals surface area contributed by atoms with Crippen LogP contribution in [-0.4, -0.2) is 17.0 Å². The highest BCUT2D eigenvalue weighted by molar-refractivity contribution is 5.81. The highest BCUT2D eigenvalue weighted by Crippen LogP contribution is 2.29. The fourth-order valence-electron chi connectivity index (χ4n) is 2.16. The van der Waals surface area contributed by atoms with Gasteiger partial charge in [0.05, 0.1) is 5.69 Å². The van der Waals surface area contributed by atoms with Crippen molar-refractivity contribution in [2.75, 3.05) is 12.4 Å². The lowest BCUT2D eigenvalue weighted by Gasteiger charge is -2.18. The van der Waals surface area contributed by atoms with Crippen LogP contribution in [0.5, 0.6) is 0 Å². The number of nitrogens with zero attached hydrogens (tertiary/aromatic N) is 2. The normalized spacial score (nSPS) is 11.8. The summed E-state index contributed by atoms with van der Waals surface area (Å²) in [7, 11) is 1.86. The molecule has 0 amide bonds. The molecule has 0 bridgehead atoms. The molecule has 0 unspecified atom stereocenters. The monoisotopic (exact) mass is 281 g/mol. The van der Waals surface area contributed by atoms with Crippen LogP contribution in [-0.2, 0) is 5.41 Å². The van der Waals surface area contributed by atoms with Crippen LogP contribution in [0.1, 0.15) is 26.5 Å². The number of para-hydroxylation sites is 1. The number of hydrogen-bond acceptors (Lipinski definition) is 4. The van der Waals surface area contributed by atoms with Gasteiger partial charge in [0.1, 0.15) is 11.4 Å². The highest BCUT2D eigenvalue weighted by Gasteiger charge is 2.19. The molecule has 4 heteroatoms. The summed E-state index contributed by atoms with van der Waals surface area (Å²) in [6.45, 7) is 6.41. The molecule has 0 aliphatic carbocycles. The lowest BCUT2D eigenvalue weighted by atomic mass is 9.92. The summed E-state index contributed by atoms with van der Waals surface area (Å²) in [6, 6.07) is 11.9. The number of aromatic nitrogens is 2. The van der Waals surface area contributed by atoms with E-state index in [-0.39, 0.29) is 5.41 Å². The first-order chi connectivity index (χ1) is 9.97. The van der Waals surface area contributed by atoms with Crippen LogP contribution < -0.4 is 5.32 Å². The molecule has 108 valence electrons. The number of hydrogen-bond donors (Lipinski definition) is 1. The van der Waals surface area contributed by atoms with Crippen LogP contribution in [0.3, 0.4) is 0 Å². The molecule has 0 fully saturated rings. The van der Waals surface area contributed by atoms with E-state index < -0.39 is 0 Å². The third-order valence-corrected chi connectivity index (χ3v) is 3.40. The Hall–Kier alpha value is -2.36. The Bertz CT molecular complexity index is 751. The maximum absolute atomic E-state index is 5.87. The number of anilines is 1. The first-order valence-electron chi connectivity index (χ1n) is 7.03. The topological polar surface area (TPSA) is 51.0 Å². The van der Waals surface area contributed by atoms with Crippen molar-refractivity contribution in [3.8, 4) is 11.6 Å². The van der Waals surface area contributed by atoms with Gasteiger partial charge in [0, 0.05) is 23.9 Å². The molecule has 0 aliphatic heterocycles. The quantitative estimate of drug-likeness (QED) is 0.763. The lowest BCUT2D eigenvalue weighted by Crippen LogP contribution is -2.15. The average molecular weight is 281 g/mol. The van der Waals surface area contributed by atoms with Gasteiger partial charge < -0.3 is 9.73 Å². The second-order valence-electron chi connectivity index (χ2n) is 6.11. The summed E-state index contributed by atoms with van der Waals surface area (Å²) in [5.74, 6) is 2.10. The largest absolute Gasteiger partial charge is 0.453 e. The third kappa shape index (κ3) is 2.61. The summed E-state index contributed by atoms with van der Waals surface area (Å²) in [4.78, 5) is 9.19. The number of benzene rings is 1. The molecule has 0 atom stereocenters. The highest BCUT2D eigenvalue weighted by atomic mass is 16.3. The van der Waals surface area contributed by atoms with Crippen LogP contribution in [0.15, 0.2) is 40.8 Å². The van der Waals surface area contributed by atoms with Crippen molar-refractivity contribution in [1.82, 2.24) is 9.97 Å². The number of fused-ring (bicyclic) bond motifs is 1. The Balaban J connectivity index is 2.16. The molecule has 2 heterocycles. The smallest absolute Gasteiger partial charge is 0.197 e. The van der Waals surface area contributed by atoms with Gasteiger partial charge in [0.2, 0.25) is 0 Å². The van der Waals surface area contributed by atoms with Crippen LogP contribution in [0, 0.1) is 0 Å². The Morgan fingerprint density at radius 1 is 1.05 bits per heavy atom. The van der Waals surface area contributed by atoms with Crippen molar-refractivity contribution in [2.24, 2.45) is 0 Å². The van der Waals surface area contributed by atoms with Crippen LogP contribution >= 0.6 is 0 Å². The van der Waals surface area contributed by atoms with Crippen molar-refractivity contribution in [2.45, 2.75) is 26.2 Å². The van der Waals surface area contributed by atoms with Gasteiger partial charge in [-0.3, -0.25) is 0 Å². The standard InChI is InChI=1S/C17H19N3O/c1-17(2,3)14-10-15(18-4)20-16(19-14)13-9-11-7-5-6-8-12(11)21-13/h5-10H,1-4H3,(H,18,19,20). The summed E-state index contributed by atoms with van der Waals surface area (Å²) in [5.41, 5.74) is 1.79. The van der Waals surface area contributed by atoms with Gasteiger partial charge in [-0.25, -0.2) is 9.97 Å². The predicted molar refractivity (Wildman–Crippen MR) is 85.5 cm³/mol. The number of furan rings is 1. The molecule has 21 heavy (non-hydrogen) atoms. The van der Waals surface area contributed by atoms with Crippen molar-refractivity contribution in [1.29, 1.82) is 0 Å². The molecule has 1 N–H and O–H groups in total. The zero-order valence-electron chi connectivity index (χ0n) is 12.8. The van der Waals surface area contributed by atoms with Gasteiger partial charge in [0.25, 0.3) is 0 Å². The van der Waals surface area contributed by atoms with Gasteiger partial charge in [-0.05, 0) is 12.1 Å². The molecular weight excluding hydrogens is 262 g/mol. The van der Waals surface area contributed by atoms with E-state index in [1.165, 1.54) is 0 Å². The molecule has 1 aromatic carbocycles. The second kappa shape index (κ2) is 4.88. The van der Waals surface area contributed by atoms with E-state index in [4.69, 9.17) is 4.42 Å². The van der Waals surface area contributed by atoms with E-state index in [1.54, 1.807) is 0 Å². The van der Waals surface area contributed by atoms with Crippen molar-refractivity contribution < 1.29 is 4.42 Å². The van der Waals surface area contributed by atoms with Gasteiger partial charge in [0.15, 0.2) is 11.6 Å². The van der Waals surface area contributed by atoms with Gasteiger partial charge in [-0.2, -0.15) is 0 Å². The van der Waals surface area contributed by atoms with Crippen molar-refractivity contribution >= 4 is 16.8 Å². The van der Waals surface area contributed by atoms with Crippen LogP contribution in [0.2, 0.25) is 0 Å². The Labute approximate surface area is 124 Å². The maximum atomic E-state index is 5.87. The average Bonchev–Trinajstić information content (AvgIpc) is 2.89. The fraction of sp³-hybridized carbons (Fsp3) is 0.294. The minimum Gasteiger partial charge on any atom is -0.453 e. The van der Waals surface area contributed by atoms with Gasteiger partial charge in [-0.1, -0.05) is 39.0 Å². The summed E-state index contributed by atoms with van der Waals surface area (Å²) in [5, 5.41) is 4.15. The van der Waals surface area contributed by atoms with Gasteiger partial charge >= 0.3 is 0 Å². The molecule has 3 aromatic rings. The third-order valence-electron chi connectivity index (χ3n) is 3.40. The molecule has 2 aromatic heterocycles. The molecule has 4 nitrogen and oxygen atoms in total. The van der Waals surface area contributed by atoms with E-state index in [1.807, 2.05) is 43.4 Å². The zero-order valence-corrected chi connectivity index (χ0v) is 12.8. The Morgan fingerprint density at radius 3 is 2.48 bits per heavy atom. The van der Waals surface area contributed by atoms with Crippen LogP contribution in [0.25, 0.3) is 22.6 Å². The molecular formula is C17H19N3O. The zero-order chi connectivity index (χ0) is 15.0. The van der Waals surface area contributed by atoms with Crippen LogP contribution in [0.4, 0.5) is 5.82 Å². The van der Waals surface area contributed by atoms with E-state index in [9.17, 15) is 0 Å². The van der Waals surface area contributed by atoms with Crippen molar-refractivity contribution in [3.05, 3.63) is 42.1 Å². The fourth-order valence-corrected chi connectivity index (χ4v) is 2.16. The molecule has 0 radical (unpaired) electrons.